The van der Waals surface area contributed by atoms with E-state index in [-0.39, 0.29) is 0 Å². The van der Waals surface area contributed by atoms with Gasteiger partial charge in [-0.2, -0.15) is 0 Å². The number of hydrogen-bond donors (Lipinski definition) is 0. The SMILES string of the molecule is CC(C)(CC(C)(CC(C)(C1CCCCC1)C1CCCC2CCCCC21)C1CCCCC1)C1CCCCC1. The Kier molecular flexibility index (Phi) is 9.44. The Morgan fingerprint density at radius 3 is 1.54 bits per heavy atom. The van der Waals surface area contributed by atoms with Gasteiger partial charge in [-0.25, -0.2) is 0 Å². The van der Waals surface area contributed by atoms with E-state index in [1.807, 2.05) is 0 Å². The molecule has 0 N–H and O–H groups in total. The fraction of sp³-hybridized carbons (Fsp3) is 1.00. The molecule has 0 heterocycles. The van der Waals surface area contributed by atoms with Crippen molar-refractivity contribution in [2.75, 3.05) is 0 Å². The van der Waals surface area contributed by atoms with E-state index in [0.29, 0.717) is 16.2 Å². The lowest BCUT2D eigenvalue weighted by Crippen LogP contribution is -2.49. The first kappa shape index (κ1) is 28.5. The molecule has 0 saturated heterocycles. The number of fused-ring (bicyclic) bond motifs is 1. The molecule has 0 heteroatoms. The average Bonchev–Trinajstić information content (AvgIpc) is 2.94. The molecule has 0 radical (unpaired) electrons. The zero-order chi connectivity index (χ0) is 25.9. The monoisotopic (exact) mass is 511 g/mol. The molecule has 0 nitrogen and oxygen atoms in total. The molecule has 5 rings (SSSR count). The van der Waals surface area contributed by atoms with Gasteiger partial charge in [-0.1, -0.05) is 118 Å². The van der Waals surface area contributed by atoms with Crippen molar-refractivity contribution < 1.29 is 0 Å². The molecule has 5 aliphatic carbocycles. The lowest BCUT2D eigenvalue weighted by Gasteiger charge is -2.58. The zero-order valence-electron chi connectivity index (χ0n) is 25.9. The van der Waals surface area contributed by atoms with Crippen molar-refractivity contribution in [1.82, 2.24) is 0 Å². The predicted molar refractivity (Wildman–Crippen MR) is 162 cm³/mol. The van der Waals surface area contributed by atoms with Crippen LogP contribution in [0.2, 0.25) is 0 Å². The first-order valence-corrected chi connectivity index (χ1v) is 17.8. The van der Waals surface area contributed by atoms with Crippen LogP contribution in [0.5, 0.6) is 0 Å². The van der Waals surface area contributed by atoms with Crippen LogP contribution >= 0.6 is 0 Å². The standard InChI is InChI=1S/C37H66/c1-35(2,30-19-8-5-9-20-30)27-36(3,31-21-10-6-11-22-31)28-37(4,32-23-12-7-13-24-32)34-26-16-18-29-17-14-15-25-33(29)34/h29-34H,5-28H2,1-4H3. The Balaban J connectivity index is 1.47. The summed E-state index contributed by atoms with van der Waals surface area (Å²) in [6.45, 7) is 11.2. The van der Waals surface area contributed by atoms with Crippen LogP contribution in [0.1, 0.15) is 182 Å². The summed E-state index contributed by atoms with van der Waals surface area (Å²) in [5, 5.41) is 0. The van der Waals surface area contributed by atoms with E-state index < -0.39 is 0 Å². The highest BCUT2D eigenvalue weighted by Gasteiger charge is 2.53. The van der Waals surface area contributed by atoms with Gasteiger partial charge in [-0.15, -0.1) is 0 Å². The molecule has 0 aliphatic heterocycles. The van der Waals surface area contributed by atoms with Crippen LogP contribution in [0.15, 0.2) is 0 Å². The molecule has 214 valence electrons. The van der Waals surface area contributed by atoms with Crippen molar-refractivity contribution >= 4 is 0 Å². The van der Waals surface area contributed by atoms with Crippen molar-refractivity contribution in [2.45, 2.75) is 182 Å². The highest BCUT2D eigenvalue weighted by atomic mass is 14.6. The largest absolute Gasteiger partial charge is 0.0596 e. The summed E-state index contributed by atoms with van der Waals surface area (Å²) in [6.07, 6.45) is 36.8. The fourth-order valence-electron chi connectivity index (χ4n) is 12.2. The first-order chi connectivity index (χ1) is 17.8. The topological polar surface area (TPSA) is 0 Å². The van der Waals surface area contributed by atoms with Gasteiger partial charge in [0, 0.05) is 0 Å². The van der Waals surface area contributed by atoms with Crippen LogP contribution in [0.25, 0.3) is 0 Å². The minimum atomic E-state index is 0.514. The Labute approximate surface area is 233 Å². The maximum atomic E-state index is 2.92. The highest BCUT2D eigenvalue weighted by molar-refractivity contribution is 5.03. The van der Waals surface area contributed by atoms with Gasteiger partial charge in [0.2, 0.25) is 0 Å². The maximum absolute atomic E-state index is 2.92. The van der Waals surface area contributed by atoms with Crippen molar-refractivity contribution in [3.05, 3.63) is 0 Å². The second-order valence-electron chi connectivity index (χ2n) is 16.8. The second-order valence-corrected chi connectivity index (χ2v) is 16.8. The molecule has 0 bridgehead atoms. The van der Waals surface area contributed by atoms with Crippen molar-refractivity contribution in [3.63, 3.8) is 0 Å². The smallest absolute Gasteiger partial charge is 0.0261 e. The number of rotatable bonds is 8. The van der Waals surface area contributed by atoms with E-state index in [1.165, 1.54) is 103 Å². The Morgan fingerprint density at radius 2 is 0.919 bits per heavy atom. The number of hydrogen-bond acceptors (Lipinski definition) is 0. The summed E-state index contributed by atoms with van der Waals surface area (Å²) < 4.78 is 0. The van der Waals surface area contributed by atoms with Crippen LogP contribution in [0.3, 0.4) is 0 Å². The first-order valence-electron chi connectivity index (χ1n) is 17.8. The van der Waals surface area contributed by atoms with Gasteiger partial charge in [0.15, 0.2) is 0 Å². The Morgan fingerprint density at radius 1 is 0.432 bits per heavy atom. The van der Waals surface area contributed by atoms with E-state index in [1.54, 1.807) is 51.4 Å². The lowest BCUT2D eigenvalue weighted by atomic mass is 9.47. The Hall–Kier alpha value is 0. The third kappa shape index (κ3) is 6.34. The van der Waals surface area contributed by atoms with E-state index in [9.17, 15) is 0 Å². The van der Waals surface area contributed by atoms with Crippen LogP contribution in [0.4, 0.5) is 0 Å². The van der Waals surface area contributed by atoms with Crippen molar-refractivity contribution in [2.24, 2.45) is 51.8 Å². The van der Waals surface area contributed by atoms with E-state index >= 15 is 0 Å². The third-order valence-electron chi connectivity index (χ3n) is 13.9. The van der Waals surface area contributed by atoms with Crippen LogP contribution in [0, 0.1) is 51.8 Å². The molecule has 5 fully saturated rings. The van der Waals surface area contributed by atoms with Crippen molar-refractivity contribution in [1.29, 1.82) is 0 Å². The third-order valence-corrected chi connectivity index (χ3v) is 13.9. The van der Waals surface area contributed by atoms with E-state index in [2.05, 4.69) is 27.7 Å². The molecule has 37 heavy (non-hydrogen) atoms. The summed E-state index contributed by atoms with van der Waals surface area (Å²) in [6, 6.07) is 0. The zero-order valence-corrected chi connectivity index (χ0v) is 25.9. The van der Waals surface area contributed by atoms with Gasteiger partial charge < -0.3 is 0 Å². The van der Waals surface area contributed by atoms with Crippen LogP contribution in [-0.2, 0) is 0 Å². The second kappa shape index (κ2) is 12.2. The van der Waals surface area contributed by atoms with Crippen LogP contribution in [-0.4, -0.2) is 0 Å². The van der Waals surface area contributed by atoms with Gasteiger partial charge in [-0.3, -0.25) is 0 Å². The molecular formula is C37H66. The average molecular weight is 511 g/mol. The molecule has 5 atom stereocenters. The van der Waals surface area contributed by atoms with Crippen LogP contribution < -0.4 is 0 Å². The molecule has 5 unspecified atom stereocenters. The quantitative estimate of drug-likeness (QED) is 0.304. The van der Waals surface area contributed by atoms with E-state index in [4.69, 9.17) is 0 Å². The minimum Gasteiger partial charge on any atom is -0.0596 e. The fourth-order valence-corrected chi connectivity index (χ4v) is 12.2. The summed E-state index contributed by atoms with van der Waals surface area (Å²) in [5.74, 6) is 6.13. The van der Waals surface area contributed by atoms with Gasteiger partial charge in [0.1, 0.15) is 0 Å². The minimum absolute atomic E-state index is 0.514. The maximum Gasteiger partial charge on any atom is -0.0261 e. The van der Waals surface area contributed by atoms with Gasteiger partial charge in [-0.05, 0) is 116 Å². The molecule has 0 aromatic heterocycles. The molecule has 5 saturated carbocycles. The summed E-state index contributed by atoms with van der Waals surface area (Å²) in [7, 11) is 0. The molecule has 0 aromatic carbocycles. The van der Waals surface area contributed by atoms with Crippen molar-refractivity contribution in [3.8, 4) is 0 Å². The molecule has 0 aromatic rings. The molecule has 5 aliphatic rings. The lowest BCUT2D eigenvalue weighted by molar-refractivity contribution is -0.0868. The van der Waals surface area contributed by atoms with Gasteiger partial charge in [0.05, 0.1) is 0 Å². The van der Waals surface area contributed by atoms with Gasteiger partial charge >= 0.3 is 0 Å². The normalized spacial score (nSPS) is 34.9. The predicted octanol–water partition coefficient (Wildman–Crippen LogP) is 12.2. The Bertz CT molecular complexity index is 685. The summed E-state index contributed by atoms with van der Waals surface area (Å²) in [5.41, 5.74) is 1.63. The summed E-state index contributed by atoms with van der Waals surface area (Å²) in [4.78, 5) is 0. The molecule has 0 spiro atoms. The van der Waals surface area contributed by atoms with Gasteiger partial charge in [0.25, 0.3) is 0 Å². The highest BCUT2D eigenvalue weighted by Crippen LogP contribution is 2.62. The van der Waals surface area contributed by atoms with E-state index in [0.717, 1.165) is 35.5 Å². The molecular weight excluding hydrogens is 444 g/mol. The summed E-state index contributed by atoms with van der Waals surface area (Å²) >= 11 is 0. The molecule has 0 amide bonds.